The molecule has 1 saturated heterocycles. The van der Waals surface area contributed by atoms with E-state index >= 15 is 0 Å². The Labute approximate surface area is 176 Å². The average Bonchev–Trinajstić information content (AvgIpc) is 3.51. The molecule has 4 rings (SSSR count). The SMILES string of the molecule is C=CC(=O)Nc1ccc(C(=O)N2CC[C@@H](Cc3ncc(C4CC4)c(OC)n3)C2)cc1. The van der Waals surface area contributed by atoms with Crippen LogP contribution in [0.15, 0.2) is 43.1 Å². The number of rotatable bonds is 7. The lowest BCUT2D eigenvalue weighted by atomic mass is 10.0. The largest absolute Gasteiger partial charge is 0.481 e. The summed E-state index contributed by atoms with van der Waals surface area (Å²) in [5, 5.41) is 2.68. The summed E-state index contributed by atoms with van der Waals surface area (Å²) >= 11 is 0. The molecule has 2 fully saturated rings. The summed E-state index contributed by atoms with van der Waals surface area (Å²) < 4.78 is 5.46. The van der Waals surface area contributed by atoms with Crippen LogP contribution in [0.3, 0.4) is 0 Å². The maximum absolute atomic E-state index is 12.8. The first-order valence-electron chi connectivity index (χ1n) is 10.3. The van der Waals surface area contributed by atoms with Crippen molar-refractivity contribution < 1.29 is 14.3 Å². The highest BCUT2D eigenvalue weighted by molar-refractivity contribution is 5.99. The Bertz CT molecular complexity index is 953. The molecule has 0 bridgehead atoms. The van der Waals surface area contributed by atoms with Crippen LogP contribution in [0.4, 0.5) is 5.69 Å². The minimum atomic E-state index is -0.277. The Morgan fingerprint density at radius 1 is 1.27 bits per heavy atom. The highest BCUT2D eigenvalue weighted by atomic mass is 16.5. The van der Waals surface area contributed by atoms with E-state index in [1.165, 1.54) is 18.9 Å². The fraction of sp³-hybridized carbons (Fsp3) is 0.391. The second kappa shape index (κ2) is 8.65. The molecule has 7 heteroatoms. The van der Waals surface area contributed by atoms with E-state index in [0.717, 1.165) is 30.8 Å². The number of nitrogens with zero attached hydrogens (tertiary/aromatic N) is 3. The Morgan fingerprint density at radius 3 is 2.70 bits per heavy atom. The summed E-state index contributed by atoms with van der Waals surface area (Å²) in [4.78, 5) is 35.2. The van der Waals surface area contributed by atoms with Gasteiger partial charge in [-0.05, 0) is 61.4 Å². The van der Waals surface area contributed by atoms with Crippen LogP contribution in [0, 0.1) is 5.92 Å². The van der Waals surface area contributed by atoms with Gasteiger partial charge in [-0.25, -0.2) is 4.98 Å². The van der Waals surface area contributed by atoms with E-state index in [4.69, 9.17) is 4.74 Å². The van der Waals surface area contributed by atoms with Gasteiger partial charge in [-0.3, -0.25) is 9.59 Å². The fourth-order valence-corrected chi connectivity index (χ4v) is 3.86. The van der Waals surface area contributed by atoms with Crippen molar-refractivity contribution in [3.05, 3.63) is 60.1 Å². The molecular weight excluding hydrogens is 380 g/mol. The van der Waals surface area contributed by atoms with Crippen molar-refractivity contribution in [2.24, 2.45) is 5.92 Å². The van der Waals surface area contributed by atoms with E-state index in [0.29, 0.717) is 35.5 Å². The van der Waals surface area contributed by atoms with Crippen molar-refractivity contribution in [3.63, 3.8) is 0 Å². The van der Waals surface area contributed by atoms with Gasteiger partial charge in [-0.2, -0.15) is 4.98 Å². The quantitative estimate of drug-likeness (QED) is 0.714. The molecule has 1 saturated carbocycles. The zero-order valence-corrected chi connectivity index (χ0v) is 17.1. The molecule has 30 heavy (non-hydrogen) atoms. The molecule has 1 aliphatic carbocycles. The first-order chi connectivity index (χ1) is 14.6. The normalized spacial score (nSPS) is 18.2. The van der Waals surface area contributed by atoms with Crippen LogP contribution in [0.2, 0.25) is 0 Å². The number of carbonyl (C=O) groups is 2. The van der Waals surface area contributed by atoms with Crippen molar-refractivity contribution >= 4 is 17.5 Å². The molecule has 7 nitrogen and oxygen atoms in total. The molecule has 1 N–H and O–H groups in total. The van der Waals surface area contributed by atoms with Crippen molar-refractivity contribution in [2.75, 3.05) is 25.5 Å². The molecule has 2 amide bonds. The van der Waals surface area contributed by atoms with Gasteiger partial charge in [-0.1, -0.05) is 6.58 Å². The molecule has 2 aromatic rings. The number of hydrogen-bond donors (Lipinski definition) is 1. The van der Waals surface area contributed by atoms with Gasteiger partial charge in [0, 0.05) is 42.5 Å². The Hall–Kier alpha value is -3.22. The summed E-state index contributed by atoms with van der Waals surface area (Å²) in [5.41, 5.74) is 2.35. The van der Waals surface area contributed by atoms with Gasteiger partial charge in [0.25, 0.3) is 5.91 Å². The lowest BCUT2D eigenvalue weighted by Crippen LogP contribution is -2.29. The highest BCUT2D eigenvalue weighted by Crippen LogP contribution is 2.43. The van der Waals surface area contributed by atoms with E-state index in [2.05, 4.69) is 21.9 Å². The van der Waals surface area contributed by atoms with Crippen molar-refractivity contribution in [2.45, 2.75) is 31.6 Å². The molecule has 156 valence electrons. The maximum Gasteiger partial charge on any atom is 0.253 e. The molecule has 0 radical (unpaired) electrons. The second-order valence-corrected chi connectivity index (χ2v) is 7.91. The molecular formula is C23H26N4O3. The number of ether oxygens (including phenoxy) is 1. The zero-order valence-electron chi connectivity index (χ0n) is 17.1. The monoisotopic (exact) mass is 406 g/mol. The van der Waals surface area contributed by atoms with Crippen LogP contribution in [-0.4, -0.2) is 46.9 Å². The van der Waals surface area contributed by atoms with E-state index < -0.39 is 0 Å². The Balaban J connectivity index is 1.35. The second-order valence-electron chi connectivity index (χ2n) is 7.91. The third-order valence-corrected chi connectivity index (χ3v) is 5.67. The predicted octanol–water partition coefficient (Wildman–Crippen LogP) is 3.19. The van der Waals surface area contributed by atoms with Gasteiger partial charge in [0.1, 0.15) is 5.82 Å². The minimum absolute atomic E-state index is 0.00155. The predicted molar refractivity (Wildman–Crippen MR) is 114 cm³/mol. The number of hydrogen-bond acceptors (Lipinski definition) is 5. The third kappa shape index (κ3) is 4.50. The number of amides is 2. The Kier molecular flexibility index (Phi) is 5.79. The molecule has 1 aromatic carbocycles. The molecule has 1 aliphatic heterocycles. The van der Waals surface area contributed by atoms with Crippen LogP contribution in [0.1, 0.15) is 46.9 Å². The summed E-state index contributed by atoms with van der Waals surface area (Å²) in [6.07, 6.45) is 7.14. The number of likely N-dealkylation sites (tertiary alicyclic amines) is 1. The van der Waals surface area contributed by atoms with Gasteiger partial charge >= 0.3 is 0 Å². The molecule has 0 spiro atoms. The third-order valence-electron chi connectivity index (χ3n) is 5.67. The number of benzene rings is 1. The number of carbonyl (C=O) groups excluding carboxylic acids is 2. The summed E-state index contributed by atoms with van der Waals surface area (Å²) in [6.45, 7) is 4.83. The van der Waals surface area contributed by atoms with Gasteiger partial charge in [0.15, 0.2) is 0 Å². The van der Waals surface area contributed by atoms with Crippen molar-refractivity contribution in [3.8, 4) is 5.88 Å². The van der Waals surface area contributed by atoms with Crippen molar-refractivity contribution in [1.82, 2.24) is 14.9 Å². The van der Waals surface area contributed by atoms with E-state index in [1.54, 1.807) is 31.4 Å². The summed E-state index contributed by atoms with van der Waals surface area (Å²) in [6, 6.07) is 6.92. The van der Waals surface area contributed by atoms with Crippen LogP contribution < -0.4 is 10.1 Å². The van der Waals surface area contributed by atoms with Gasteiger partial charge in [0.2, 0.25) is 11.8 Å². The van der Waals surface area contributed by atoms with Gasteiger partial charge < -0.3 is 15.0 Å². The average molecular weight is 406 g/mol. The zero-order chi connectivity index (χ0) is 21.1. The van der Waals surface area contributed by atoms with Crippen LogP contribution in [-0.2, 0) is 11.2 Å². The first-order valence-corrected chi connectivity index (χ1v) is 10.3. The topological polar surface area (TPSA) is 84.4 Å². The van der Waals surface area contributed by atoms with Crippen molar-refractivity contribution in [1.29, 1.82) is 0 Å². The molecule has 2 aliphatic rings. The maximum atomic E-state index is 12.8. The van der Waals surface area contributed by atoms with Crippen LogP contribution in [0.5, 0.6) is 5.88 Å². The molecule has 1 atom stereocenters. The highest BCUT2D eigenvalue weighted by Gasteiger charge is 2.30. The summed E-state index contributed by atoms with van der Waals surface area (Å²) in [7, 11) is 1.65. The first kappa shape index (κ1) is 20.1. The lowest BCUT2D eigenvalue weighted by Gasteiger charge is -2.17. The Morgan fingerprint density at radius 2 is 2.03 bits per heavy atom. The number of anilines is 1. The minimum Gasteiger partial charge on any atom is -0.481 e. The van der Waals surface area contributed by atoms with Crippen LogP contribution in [0.25, 0.3) is 0 Å². The molecule has 0 unspecified atom stereocenters. The van der Waals surface area contributed by atoms with E-state index in [-0.39, 0.29) is 11.8 Å². The van der Waals surface area contributed by atoms with E-state index in [9.17, 15) is 9.59 Å². The van der Waals surface area contributed by atoms with Crippen LogP contribution >= 0.6 is 0 Å². The fourth-order valence-electron chi connectivity index (χ4n) is 3.86. The number of methoxy groups -OCH3 is 1. The molecule has 1 aromatic heterocycles. The lowest BCUT2D eigenvalue weighted by molar-refractivity contribution is -0.111. The van der Waals surface area contributed by atoms with Gasteiger partial charge in [-0.15, -0.1) is 0 Å². The standard InChI is InChI=1S/C23H26N4O3/c1-3-21(28)25-18-8-6-17(7-9-18)23(29)27-11-10-15(14-27)12-20-24-13-19(16-4-5-16)22(26-20)30-2/h3,6-9,13,15-16H,1,4-5,10-12,14H2,2H3,(H,25,28)/t15-/m0/s1. The number of aromatic nitrogens is 2. The van der Waals surface area contributed by atoms with E-state index in [1.807, 2.05) is 11.1 Å². The molecule has 2 heterocycles. The summed E-state index contributed by atoms with van der Waals surface area (Å²) in [5.74, 6) is 2.07. The smallest absolute Gasteiger partial charge is 0.253 e. The van der Waals surface area contributed by atoms with Gasteiger partial charge in [0.05, 0.1) is 7.11 Å². The number of nitrogens with one attached hydrogen (secondary N) is 1.